The van der Waals surface area contributed by atoms with Crippen molar-refractivity contribution in [2.24, 2.45) is 0 Å². The van der Waals surface area contributed by atoms with E-state index in [-0.39, 0.29) is 18.4 Å². The first-order chi connectivity index (χ1) is 5.70. The molecule has 0 fully saturated rings. The van der Waals surface area contributed by atoms with E-state index in [1.165, 1.54) is 0 Å². The van der Waals surface area contributed by atoms with Crippen LogP contribution in [0.15, 0.2) is 0 Å². The monoisotopic (exact) mass is 170 g/mol. The van der Waals surface area contributed by atoms with E-state index >= 15 is 0 Å². The van der Waals surface area contributed by atoms with E-state index in [4.69, 9.17) is 10.00 Å². The molecule has 0 aliphatic heterocycles. The lowest BCUT2D eigenvalue weighted by Crippen LogP contribution is -2.35. The summed E-state index contributed by atoms with van der Waals surface area (Å²) in [5.74, 6) is -0.246. The smallest absolute Gasteiger partial charge is 0.234 e. The zero-order chi connectivity index (χ0) is 9.40. The van der Waals surface area contributed by atoms with Crippen LogP contribution >= 0.6 is 0 Å². The predicted molar refractivity (Wildman–Crippen MR) is 44.3 cm³/mol. The van der Waals surface area contributed by atoms with Crippen molar-refractivity contribution in [2.45, 2.75) is 26.3 Å². The highest BCUT2D eigenvalue weighted by Crippen LogP contribution is 1.85. The molecule has 0 spiro atoms. The van der Waals surface area contributed by atoms with Crippen LogP contribution in [-0.2, 0) is 9.53 Å². The summed E-state index contributed by atoms with van der Waals surface area (Å²) < 4.78 is 5.08. The summed E-state index contributed by atoms with van der Waals surface area (Å²) in [4.78, 5) is 10.8. The van der Waals surface area contributed by atoms with E-state index in [1.807, 2.05) is 13.8 Å². The molecule has 4 heteroatoms. The predicted octanol–water partition coefficient (Wildman–Crippen LogP) is 0.441. The first kappa shape index (κ1) is 10.9. The van der Waals surface area contributed by atoms with Gasteiger partial charge in [0.25, 0.3) is 0 Å². The summed E-state index contributed by atoms with van der Waals surface area (Å²) in [7, 11) is 0. The Labute approximate surface area is 72.5 Å². The molecule has 0 aliphatic rings. The van der Waals surface area contributed by atoms with E-state index in [0.717, 1.165) is 0 Å². The second-order valence-corrected chi connectivity index (χ2v) is 2.46. The number of ether oxygens (including phenoxy) is 1. The Bertz CT molecular complexity index is 174. The molecule has 0 rings (SSSR count). The Balaban J connectivity index is 3.48. The molecule has 0 aromatic rings. The van der Waals surface area contributed by atoms with Crippen LogP contribution in [0.4, 0.5) is 0 Å². The van der Waals surface area contributed by atoms with Crippen LogP contribution < -0.4 is 5.32 Å². The van der Waals surface area contributed by atoms with Gasteiger partial charge in [0.1, 0.15) is 6.42 Å². The van der Waals surface area contributed by atoms with Gasteiger partial charge in [0.2, 0.25) is 5.91 Å². The topological polar surface area (TPSA) is 62.1 Å². The van der Waals surface area contributed by atoms with Crippen LogP contribution in [-0.4, -0.2) is 25.2 Å². The summed E-state index contributed by atoms with van der Waals surface area (Å²) >= 11 is 0. The molecule has 0 bridgehead atoms. The maximum Gasteiger partial charge on any atom is 0.234 e. The number of nitriles is 1. The minimum absolute atomic E-state index is 0.0224. The number of carbonyl (C=O) groups excluding carboxylic acids is 1. The van der Waals surface area contributed by atoms with E-state index in [0.29, 0.717) is 13.2 Å². The first-order valence-electron chi connectivity index (χ1n) is 3.94. The fourth-order valence-electron chi connectivity index (χ4n) is 0.734. The Kier molecular flexibility index (Phi) is 6.02. The lowest BCUT2D eigenvalue weighted by Gasteiger charge is -2.11. The zero-order valence-electron chi connectivity index (χ0n) is 7.46. The van der Waals surface area contributed by atoms with Crippen molar-refractivity contribution in [3.8, 4) is 6.07 Å². The average Bonchev–Trinajstić information content (AvgIpc) is 2.01. The molecule has 0 saturated carbocycles. The maximum absolute atomic E-state index is 10.8. The molecule has 0 saturated heterocycles. The van der Waals surface area contributed by atoms with E-state index in [1.54, 1.807) is 6.07 Å². The number of hydrogen-bond acceptors (Lipinski definition) is 3. The summed E-state index contributed by atoms with van der Waals surface area (Å²) in [5.41, 5.74) is 0. The minimum atomic E-state index is -0.246. The molecule has 0 aromatic heterocycles. The van der Waals surface area contributed by atoms with Gasteiger partial charge >= 0.3 is 0 Å². The number of nitrogens with one attached hydrogen (secondary N) is 1. The standard InChI is InChI=1S/C8H14N2O2/c1-3-12-6-7(2)10-8(11)4-5-9/h7H,3-4,6H2,1-2H3,(H,10,11). The van der Waals surface area contributed by atoms with Gasteiger partial charge in [-0.05, 0) is 13.8 Å². The van der Waals surface area contributed by atoms with Gasteiger partial charge in [0, 0.05) is 12.6 Å². The molecule has 0 heterocycles. The van der Waals surface area contributed by atoms with Gasteiger partial charge in [0.05, 0.1) is 12.7 Å². The van der Waals surface area contributed by atoms with Gasteiger partial charge in [-0.25, -0.2) is 0 Å². The largest absolute Gasteiger partial charge is 0.380 e. The van der Waals surface area contributed by atoms with Crippen LogP contribution in [0.2, 0.25) is 0 Å². The van der Waals surface area contributed by atoms with Crippen molar-refractivity contribution in [3.05, 3.63) is 0 Å². The van der Waals surface area contributed by atoms with Crippen LogP contribution in [0.5, 0.6) is 0 Å². The van der Waals surface area contributed by atoms with Gasteiger partial charge in [-0.2, -0.15) is 5.26 Å². The van der Waals surface area contributed by atoms with E-state index in [2.05, 4.69) is 5.32 Å². The summed E-state index contributed by atoms with van der Waals surface area (Å²) in [6.45, 7) is 4.86. The third-order valence-corrected chi connectivity index (χ3v) is 1.22. The highest BCUT2D eigenvalue weighted by atomic mass is 16.5. The molecule has 1 unspecified atom stereocenters. The number of amides is 1. The highest BCUT2D eigenvalue weighted by Gasteiger charge is 2.05. The second kappa shape index (κ2) is 6.62. The van der Waals surface area contributed by atoms with Crippen LogP contribution in [0, 0.1) is 11.3 Å². The Hall–Kier alpha value is -1.08. The fourth-order valence-corrected chi connectivity index (χ4v) is 0.734. The Morgan fingerprint density at radius 1 is 1.75 bits per heavy atom. The molecule has 12 heavy (non-hydrogen) atoms. The number of nitrogens with zero attached hydrogens (tertiary/aromatic N) is 1. The SMILES string of the molecule is CCOCC(C)NC(=O)CC#N. The van der Waals surface area contributed by atoms with E-state index < -0.39 is 0 Å². The van der Waals surface area contributed by atoms with Crippen molar-refractivity contribution in [3.63, 3.8) is 0 Å². The highest BCUT2D eigenvalue weighted by molar-refractivity contribution is 5.78. The quantitative estimate of drug-likeness (QED) is 0.651. The molecule has 1 amide bonds. The Morgan fingerprint density at radius 2 is 2.42 bits per heavy atom. The van der Waals surface area contributed by atoms with Gasteiger partial charge < -0.3 is 10.1 Å². The van der Waals surface area contributed by atoms with Crippen molar-refractivity contribution >= 4 is 5.91 Å². The second-order valence-electron chi connectivity index (χ2n) is 2.46. The fraction of sp³-hybridized carbons (Fsp3) is 0.750. The number of hydrogen-bond donors (Lipinski definition) is 1. The molecular formula is C8H14N2O2. The lowest BCUT2D eigenvalue weighted by molar-refractivity contribution is -0.121. The molecule has 1 atom stereocenters. The third-order valence-electron chi connectivity index (χ3n) is 1.22. The van der Waals surface area contributed by atoms with Crippen molar-refractivity contribution in [1.82, 2.24) is 5.32 Å². The normalized spacial score (nSPS) is 11.8. The molecule has 0 radical (unpaired) electrons. The van der Waals surface area contributed by atoms with Crippen molar-refractivity contribution in [2.75, 3.05) is 13.2 Å². The van der Waals surface area contributed by atoms with Gasteiger partial charge in [0.15, 0.2) is 0 Å². The van der Waals surface area contributed by atoms with Crippen molar-refractivity contribution in [1.29, 1.82) is 5.26 Å². The Morgan fingerprint density at radius 3 is 2.92 bits per heavy atom. The van der Waals surface area contributed by atoms with Crippen LogP contribution in [0.3, 0.4) is 0 Å². The van der Waals surface area contributed by atoms with E-state index in [9.17, 15) is 4.79 Å². The molecule has 4 nitrogen and oxygen atoms in total. The first-order valence-corrected chi connectivity index (χ1v) is 3.94. The molecular weight excluding hydrogens is 156 g/mol. The molecule has 1 N–H and O–H groups in total. The minimum Gasteiger partial charge on any atom is -0.380 e. The molecule has 68 valence electrons. The van der Waals surface area contributed by atoms with Gasteiger partial charge in [-0.15, -0.1) is 0 Å². The van der Waals surface area contributed by atoms with Gasteiger partial charge in [-0.1, -0.05) is 0 Å². The third kappa shape index (κ3) is 5.69. The average molecular weight is 170 g/mol. The van der Waals surface area contributed by atoms with Crippen LogP contribution in [0.25, 0.3) is 0 Å². The number of rotatable bonds is 5. The number of carbonyl (C=O) groups is 1. The van der Waals surface area contributed by atoms with Crippen molar-refractivity contribution < 1.29 is 9.53 Å². The summed E-state index contributed by atoms with van der Waals surface area (Å²) in [6, 6.07) is 1.75. The lowest BCUT2D eigenvalue weighted by atomic mass is 10.3. The van der Waals surface area contributed by atoms with Crippen LogP contribution in [0.1, 0.15) is 20.3 Å². The maximum atomic E-state index is 10.8. The summed E-state index contributed by atoms with van der Waals surface area (Å²) in [5, 5.41) is 10.8. The molecule has 0 aliphatic carbocycles. The molecule has 0 aromatic carbocycles. The zero-order valence-corrected chi connectivity index (χ0v) is 7.46. The summed E-state index contributed by atoms with van der Waals surface area (Å²) in [6.07, 6.45) is -0.0868. The van der Waals surface area contributed by atoms with Gasteiger partial charge in [-0.3, -0.25) is 4.79 Å².